The van der Waals surface area contributed by atoms with E-state index in [0.717, 1.165) is 70.6 Å². The zero-order chi connectivity index (χ0) is 57.4. The summed E-state index contributed by atoms with van der Waals surface area (Å²) in [6.45, 7) is 2.79. The van der Waals surface area contributed by atoms with Gasteiger partial charge in [-0.1, -0.05) is 263 Å². The summed E-state index contributed by atoms with van der Waals surface area (Å²) in [5.41, 5.74) is 0. The molecular formula is C65H123NO13. The number of aliphatic hydroxyl groups is 8. The van der Waals surface area contributed by atoms with Gasteiger partial charge in [-0.15, -0.1) is 0 Å². The zero-order valence-corrected chi connectivity index (χ0v) is 50.4. The molecule has 2 aliphatic rings. The molecule has 0 aromatic heterocycles. The molecule has 14 nitrogen and oxygen atoms in total. The number of ether oxygens (including phenoxy) is 4. The zero-order valence-electron chi connectivity index (χ0n) is 50.4. The third kappa shape index (κ3) is 36.0. The van der Waals surface area contributed by atoms with Crippen LogP contribution in [0.1, 0.15) is 290 Å². The first kappa shape index (κ1) is 73.6. The number of rotatable bonds is 54. The fourth-order valence-electron chi connectivity index (χ4n) is 11.1. The molecule has 0 aliphatic carbocycles. The predicted octanol–water partition coefficient (Wildman–Crippen LogP) is 12.4. The minimum atomic E-state index is -1.78. The summed E-state index contributed by atoms with van der Waals surface area (Å²) < 4.78 is 22.7. The minimum absolute atomic E-state index is 0.207. The highest BCUT2D eigenvalue weighted by atomic mass is 16.7. The number of hydrogen-bond donors (Lipinski definition) is 9. The lowest BCUT2D eigenvalue weighted by Gasteiger charge is -2.46. The molecular weight excluding hydrogens is 1000 g/mol. The molecule has 0 radical (unpaired) electrons. The number of nitrogens with one attached hydrogen (secondary N) is 1. The van der Waals surface area contributed by atoms with Gasteiger partial charge in [-0.3, -0.25) is 4.79 Å². The maximum Gasteiger partial charge on any atom is 0.220 e. The van der Waals surface area contributed by atoms with E-state index in [-0.39, 0.29) is 12.5 Å². The van der Waals surface area contributed by atoms with E-state index in [2.05, 4.69) is 43.5 Å². The summed E-state index contributed by atoms with van der Waals surface area (Å²) in [5.74, 6) is -0.207. The van der Waals surface area contributed by atoms with Gasteiger partial charge in [-0.25, -0.2) is 0 Å². The van der Waals surface area contributed by atoms with Gasteiger partial charge in [-0.05, 0) is 44.9 Å². The van der Waals surface area contributed by atoms with E-state index >= 15 is 0 Å². The van der Waals surface area contributed by atoms with Crippen molar-refractivity contribution in [3.8, 4) is 0 Å². The first-order valence-electron chi connectivity index (χ1n) is 33.1. The molecule has 9 N–H and O–H groups in total. The maximum atomic E-state index is 13.2. The van der Waals surface area contributed by atoms with E-state index in [4.69, 9.17) is 18.9 Å². The molecule has 12 atom stereocenters. The highest BCUT2D eigenvalue weighted by Crippen LogP contribution is 2.30. The van der Waals surface area contributed by atoms with Crippen LogP contribution >= 0.6 is 0 Å². The monoisotopic (exact) mass is 1130 g/mol. The van der Waals surface area contributed by atoms with Gasteiger partial charge in [0.05, 0.1) is 32.0 Å². The van der Waals surface area contributed by atoms with Crippen LogP contribution in [0.25, 0.3) is 0 Å². The van der Waals surface area contributed by atoms with E-state index in [1.165, 1.54) is 193 Å². The molecule has 79 heavy (non-hydrogen) atoms. The number of unbranched alkanes of at least 4 members (excludes halogenated alkanes) is 37. The molecule has 1 amide bonds. The van der Waals surface area contributed by atoms with Crippen molar-refractivity contribution in [2.75, 3.05) is 19.8 Å². The summed E-state index contributed by atoms with van der Waals surface area (Å²) in [5, 5.41) is 86.8. The molecule has 0 bridgehead atoms. The van der Waals surface area contributed by atoms with Crippen molar-refractivity contribution >= 4 is 5.91 Å². The molecule has 2 saturated heterocycles. The fourth-order valence-corrected chi connectivity index (χ4v) is 11.1. The first-order chi connectivity index (χ1) is 38.6. The lowest BCUT2D eigenvalue weighted by molar-refractivity contribution is -0.359. The molecule has 0 aromatic carbocycles. The van der Waals surface area contributed by atoms with Crippen molar-refractivity contribution in [1.29, 1.82) is 0 Å². The Bertz CT molecular complexity index is 1420. The predicted molar refractivity (Wildman–Crippen MR) is 318 cm³/mol. The number of allylic oxidation sites excluding steroid dienone is 4. The minimum Gasteiger partial charge on any atom is -0.394 e. The molecule has 14 heteroatoms. The van der Waals surface area contributed by atoms with Crippen molar-refractivity contribution < 1.29 is 64.6 Å². The summed E-state index contributed by atoms with van der Waals surface area (Å²) in [7, 11) is 0. The van der Waals surface area contributed by atoms with E-state index in [9.17, 15) is 45.6 Å². The highest BCUT2D eigenvalue weighted by molar-refractivity contribution is 5.76. The van der Waals surface area contributed by atoms with Gasteiger partial charge in [-0.2, -0.15) is 0 Å². The normalized spacial score (nSPS) is 24.5. The number of carbonyl (C=O) groups excluding carboxylic acids is 1. The maximum absolute atomic E-state index is 13.2. The SMILES string of the molecule is CCCCCCC/C=C\C/C=C\CCCCCCCCCCCCCCCCCCCCCCCCCCCCCC(=O)NC(COC1OC(CO)C(OC2OC(CO)C(O)C(O)C2O)C(O)C1O)C(O)CCCCCCCC. The average Bonchev–Trinajstić information content (AvgIpc) is 3.47. The Labute approximate surface area is 481 Å². The van der Waals surface area contributed by atoms with Crippen LogP contribution in [-0.2, 0) is 23.7 Å². The van der Waals surface area contributed by atoms with Gasteiger partial charge in [0.15, 0.2) is 12.6 Å². The van der Waals surface area contributed by atoms with Crippen LogP contribution in [0, 0.1) is 0 Å². The lowest BCUT2D eigenvalue weighted by atomic mass is 9.97. The Morgan fingerprint density at radius 1 is 0.456 bits per heavy atom. The van der Waals surface area contributed by atoms with E-state index in [1.807, 2.05) is 0 Å². The molecule has 2 fully saturated rings. The van der Waals surface area contributed by atoms with Crippen LogP contribution in [0.2, 0.25) is 0 Å². The Kier molecular flexibility index (Phi) is 47.4. The highest BCUT2D eigenvalue weighted by Gasteiger charge is 2.51. The van der Waals surface area contributed by atoms with Crippen molar-refractivity contribution in [3.05, 3.63) is 24.3 Å². The largest absolute Gasteiger partial charge is 0.394 e. The van der Waals surface area contributed by atoms with Crippen molar-refractivity contribution in [2.24, 2.45) is 0 Å². The standard InChI is InChI=1S/C65H123NO13/c1-3-5-7-9-11-12-13-14-15-16-17-18-19-20-21-22-23-24-25-26-27-28-29-30-31-32-33-34-35-36-37-38-39-40-41-42-43-45-47-49-57(70)66-53(54(69)48-46-44-10-8-6-4-2)52-76-64-62(75)60(73)63(56(51-68)78-64)79-65-61(74)59(72)58(71)55(50-67)77-65/h13-14,16-17,53-56,58-65,67-69,71-75H,3-12,15,18-52H2,1-2H3,(H,66,70)/b14-13-,17-16-. The second-order valence-electron chi connectivity index (χ2n) is 23.6. The van der Waals surface area contributed by atoms with Crippen LogP contribution in [0.15, 0.2) is 24.3 Å². The van der Waals surface area contributed by atoms with Crippen molar-refractivity contribution in [3.63, 3.8) is 0 Å². The lowest BCUT2D eigenvalue weighted by Crippen LogP contribution is -2.65. The van der Waals surface area contributed by atoms with E-state index < -0.39 is 86.8 Å². The topological polar surface area (TPSA) is 228 Å². The molecule has 12 unspecified atom stereocenters. The van der Waals surface area contributed by atoms with E-state index in [1.54, 1.807) is 0 Å². The van der Waals surface area contributed by atoms with Crippen LogP contribution in [0.5, 0.6) is 0 Å². The Morgan fingerprint density at radius 2 is 0.835 bits per heavy atom. The smallest absolute Gasteiger partial charge is 0.220 e. The van der Waals surface area contributed by atoms with Crippen LogP contribution in [0.3, 0.4) is 0 Å². The quantitative estimate of drug-likeness (QED) is 0.0204. The molecule has 0 aromatic rings. The number of amides is 1. The Hall–Kier alpha value is -1.53. The molecule has 466 valence electrons. The van der Waals surface area contributed by atoms with E-state index in [0.29, 0.717) is 12.8 Å². The Balaban J connectivity index is 1.46. The molecule has 2 heterocycles. The molecule has 2 rings (SSSR count). The molecule has 0 saturated carbocycles. The molecule has 2 aliphatic heterocycles. The summed E-state index contributed by atoms with van der Waals surface area (Å²) in [6.07, 6.45) is 45.8. The fraction of sp³-hybridized carbons (Fsp3) is 0.923. The summed E-state index contributed by atoms with van der Waals surface area (Å²) in [4.78, 5) is 13.2. The number of hydrogen-bond acceptors (Lipinski definition) is 13. The van der Waals surface area contributed by atoms with Crippen LogP contribution in [0.4, 0.5) is 0 Å². The van der Waals surface area contributed by atoms with Crippen molar-refractivity contribution in [2.45, 2.75) is 364 Å². The summed E-state index contributed by atoms with van der Waals surface area (Å²) >= 11 is 0. The number of aliphatic hydroxyl groups excluding tert-OH is 8. The second kappa shape index (κ2) is 50.9. The van der Waals surface area contributed by atoms with Gasteiger partial charge in [0.1, 0.15) is 48.8 Å². The third-order valence-corrected chi connectivity index (χ3v) is 16.4. The average molecular weight is 1130 g/mol. The van der Waals surface area contributed by atoms with Crippen LogP contribution < -0.4 is 5.32 Å². The van der Waals surface area contributed by atoms with Gasteiger partial charge in [0.25, 0.3) is 0 Å². The Morgan fingerprint density at radius 3 is 1.27 bits per heavy atom. The van der Waals surface area contributed by atoms with Crippen LogP contribution in [-0.4, -0.2) is 140 Å². The first-order valence-corrected chi connectivity index (χ1v) is 33.1. The van der Waals surface area contributed by atoms with Crippen molar-refractivity contribution in [1.82, 2.24) is 5.32 Å². The van der Waals surface area contributed by atoms with Gasteiger partial charge in [0, 0.05) is 6.42 Å². The van der Waals surface area contributed by atoms with Gasteiger partial charge >= 0.3 is 0 Å². The molecule has 0 spiro atoms. The second-order valence-corrected chi connectivity index (χ2v) is 23.6. The third-order valence-electron chi connectivity index (χ3n) is 16.4. The van der Waals surface area contributed by atoms with Gasteiger partial charge < -0.3 is 65.1 Å². The number of carbonyl (C=O) groups is 1. The van der Waals surface area contributed by atoms with Gasteiger partial charge in [0.2, 0.25) is 5.91 Å². The summed E-state index contributed by atoms with van der Waals surface area (Å²) in [6, 6.07) is -0.822.